The van der Waals surface area contributed by atoms with E-state index in [1.807, 2.05) is 0 Å². The predicted octanol–water partition coefficient (Wildman–Crippen LogP) is -3.36. The molecule has 0 aliphatic rings. The van der Waals surface area contributed by atoms with Crippen molar-refractivity contribution < 1.29 is 32.8 Å². The Morgan fingerprint density at radius 2 is 1.07 bits per heavy atom. The first-order valence-electron chi connectivity index (χ1n) is 2.74. The van der Waals surface area contributed by atoms with Gasteiger partial charge in [-0.25, -0.2) is 0 Å². The van der Waals surface area contributed by atoms with Crippen molar-refractivity contribution in [2.24, 2.45) is 0 Å². The third-order valence-electron chi connectivity index (χ3n) is 0. The Morgan fingerprint density at radius 1 is 1.07 bits per heavy atom. The van der Waals surface area contributed by atoms with Crippen LogP contribution in [0.1, 0.15) is 13.8 Å². The minimum atomic E-state index is -3.67. The molecule has 0 aromatic heterocycles. The Bertz CT molecular complexity index is 217. The zero-order valence-electron chi connectivity index (χ0n) is 8.01. The molecule has 14 heavy (non-hydrogen) atoms. The molecular weight excluding hydrogens is 228 g/mol. The molecule has 0 spiro atoms. The van der Waals surface area contributed by atoms with Gasteiger partial charge in [-0.05, 0) is 13.8 Å². The van der Waals surface area contributed by atoms with Gasteiger partial charge in [0.25, 0.3) is 10.1 Å². The van der Waals surface area contributed by atoms with E-state index in [-0.39, 0.29) is 23.1 Å². The molecule has 0 radical (unpaired) electrons. The van der Waals surface area contributed by atoms with Crippen LogP contribution < -0.4 is 10.2 Å². The van der Waals surface area contributed by atoms with Crippen LogP contribution in [0.2, 0.25) is 0 Å². The van der Waals surface area contributed by atoms with Crippen LogP contribution in [0, 0.1) is 0 Å². The zero-order valence-corrected chi connectivity index (χ0v) is 10.2. The van der Waals surface area contributed by atoms with Crippen LogP contribution in [0.4, 0.5) is 0 Å². The molecule has 0 heterocycles. The molecule has 1 N–H and O–H groups in total. The molecule has 0 amide bonds. The van der Waals surface area contributed by atoms with Gasteiger partial charge >= 0.3 is 23.1 Å². The van der Waals surface area contributed by atoms with E-state index in [0.717, 1.165) is 13.8 Å². The van der Waals surface area contributed by atoms with Crippen LogP contribution in [0.5, 0.6) is 0 Å². The van der Waals surface area contributed by atoms with Crippen molar-refractivity contribution >= 4 is 45.1 Å². The smallest absolute Gasteiger partial charge is 0.550 e. The minimum absolute atomic E-state index is 0. The fourth-order valence-electron chi connectivity index (χ4n) is 0. The fourth-order valence-corrected chi connectivity index (χ4v) is 0. The second-order valence-electron chi connectivity index (χ2n) is 1.72. The first-order valence-corrected chi connectivity index (χ1v) is 4.59. The third-order valence-corrected chi connectivity index (χ3v) is 0. The van der Waals surface area contributed by atoms with Crippen LogP contribution in [-0.4, -0.2) is 54.2 Å². The fraction of sp³-hybridized carbons (Fsp3) is 0.600. The van der Waals surface area contributed by atoms with Crippen molar-refractivity contribution in [1.82, 2.24) is 0 Å². The Labute approximate surface area is 98.0 Å². The number of aliphatic carboxylic acids is 2. The molecule has 0 unspecified atom stereocenters. The third kappa shape index (κ3) is 8890. The quantitative estimate of drug-likeness (QED) is 0.344. The molecule has 0 atom stereocenters. The van der Waals surface area contributed by atoms with E-state index in [1.54, 1.807) is 0 Å². The Hall–Kier alpha value is -0.384. The number of carbonyl (C=O) groups is 2. The van der Waals surface area contributed by atoms with E-state index < -0.39 is 22.1 Å². The molecule has 0 aliphatic carbocycles. The van der Waals surface area contributed by atoms with Crippen molar-refractivity contribution in [2.75, 3.05) is 6.26 Å². The van der Waals surface area contributed by atoms with Crippen LogP contribution in [0.3, 0.4) is 0 Å². The molecule has 80 valence electrons. The maximum absolute atomic E-state index is 9.19. The van der Waals surface area contributed by atoms with E-state index >= 15 is 0 Å². The molecular formula is C5H10MgO7S. The molecule has 0 aromatic rings. The summed E-state index contributed by atoms with van der Waals surface area (Å²) in [5, 5.41) is 17.8. The van der Waals surface area contributed by atoms with Gasteiger partial charge in [-0.15, -0.1) is 0 Å². The number of carboxylic acid groups (broad SMARTS) is 2. The summed E-state index contributed by atoms with van der Waals surface area (Å²) < 4.78 is 25.9. The summed E-state index contributed by atoms with van der Waals surface area (Å²) in [6.07, 6.45) is 0.715. The normalized spacial score (nSPS) is 7.71. The average Bonchev–Trinajstić information content (AvgIpc) is 1.50. The summed E-state index contributed by atoms with van der Waals surface area (Å²) in [7, 11) is -3.67. The molecule has 0 fully saturated rings. The molecule has 0 saturated carbocycles. The standard InChI is InChI=1S/2C2H4O2.CH4O3S.Mg/c2*1-2(3)4;1-5(2,3)4;/h2*1H3,(H,3,4);1H3,(H,2,3,4);/q;;;+2/p-2. The van der Waals surface area contributed by atoms with E-state index in [9.17, 15) is 8.42 Å². The molecule has 0 aromatic carbocycles. The Kier molecular flexibility index (Phi) is 21.1. The monoisotopic (exact) mass is 238 g/mol. The summed E-state index contributed by atoms with van der Waals surface area (Å²) in [5.41, 5.74) is 0. The van der Waals surface area contributed by atoms with Crippen molar-refractivity contribution in [2.45, 2.75) is 13.8 Å². The molecule has 0 saturated heterocycles. The number of hydrogen-bond donors (Lipinski definition) is 1. The Morgan fingerprint density at radius 3 is 1.07 bits per heavy atom. The van der Waals surface area contributed by atoms with Crippen LogP contribution in [-0.2, 0) is 19.7 Å². The van der Waals surface area contributed by atoms with Gasteiger partial charge < -0.3 is 19.8 Å². The van der Waals surface area contributed by atoms with E-state index in [4.69, 9.17) is 24.4 Å². The minimum Gasteiger partial charge on any atom is -0.550 e. The summed E-state index contributed by atoms with van der Waals surface area (Å²) in [6.45, 7) is 1.94. The number of carboxylic acids is 2. The maximum atomic E-state index is 9.19. The number of carbonyl (C=O) groups excluding carboxylic acids is 2. The van der Waals surface area contributed by atoms with Crippen molar-refractivity contribution in [3.63, 3.8) is 0 Å². The van der Waals surface area contributed by atoms with Gasteiger partial charge in [0.1, 0.15) is 0 Å². The first-order chi connectivity index (χ1) is 5.46. The molecule has 0 aliphatic heterocycles. The topological polar surface area (TPSA) is 135 Å². The van der Waals surface area contributed by atoms with Crippen molar-refractivity contribution in [3.8, 4) is 0 Å². The molecule has 0 rings (SSSR count). The largest absolute Gasteiger partial charge is 2.00 e. The van der Waals surface area contributed by atoms with Gasteiger partial charge in [0.15, 0.2) is 0 Å². The van der Waals surface area contributed by atoms with Gasteiger partial charge in [0, 0.05) is 11.9 Å². The summed E-state index contributed by atoms with van der Waals surface area (Å²) in [5.74, 6) is -2.17. The van der Waals surface area contributed by atoms with Crippen LogP contribution >= 0.6 is 0 Å². The molecule has 9 heteroatoms. The zero-order chi connectivity index (χ0) is 11.7. The Balaban J connectivity index is -0.0000000522. The number of hydrogen-bond acceptors (Lipinski definition) is 6. The second-order valence-corrected chi connectivity index (χ2v) is 3.18. The van der Waals surface area contributed by atoms with Crippen LogP contribution in [0.15, 0.2) is 0 Å². The van der Waals surface area contributed by atoms with Gasteiger partial charge in [0.2, 0.25) is 0 Å². The predicted molar refractivity (Wildman–Crippen MR) is 44.6 cm³/mol. The summed E-state index contributed by atoms with van der Waals surface area (Å²) in [4.78, 5) is 17.8. The average molecular weight is 238 g/mol. The van der Waals surface area contributed by atoms with Gasteiger partial charge in [-0.2, -0.15) is 8.42 Å². The molecule has 7 nitrogen and oxygen atoms in total. The van der Waals surface area contributed by atoms with Gasteiger partial charge in [-0.3, -0.25) is 4.55 Å². The molecule has 0 bridgehead atoms. The van der Waals surface area contributed by atoms with E-state index in [1.165, 1.54) is 0 Å². The summed E-state index contributed by atoms with van der Waals surface area (Å²) >= 11 is 0. The van der Waals surface area contributed by atoms with Crippen molar-refractivity contribution in [1.29, 1.82) is 0 Å². The van der Waals surface area contributed by atoms with Gasteiger partial charge in [-0.1, -0.05) is 0 Å². The second kappa shape index (κ2) is 12.6. The van der Waals surface area contributed by atoms with E-state index in [2.05, 4.69) is 0 Å². The van der Waals surface area contributed by atoms with Crippen molar-refractivity contribution in [3.05, 3.63) is 0 Å². The van der Waals surface area contributed by atoms with Crippen LogP contribution in [0.25, 0.3) is 0 Å². The first kappa shape index (κ1) is 23.4. The number of rotatable bonds is 0. The SMILES string of the molecule is CC(=O)[O-].CC(=O)[O-].CS(=O)(=O)O.[Mg+2]. The van der Waals surface area contributed by atoms with Gasteiger partial charge in [0.05, 0.1) is 6.26 Å². The van der Waals surface area contributed by atoms with E-state index in [0.29, 0.717) is 6.26 Å². The maximum Gasteiger partial charge on any atom is 2.00 e. The summed E-state index contributed by atoms with van der Waals surface area (Å²) in [6, 6.07) is 0.